The van der Waals surface area contributed by atoms with Crippen LogP contribution in [0.25, 0.3) is 0 Å². The molecule has 0 aliphatic carbocycles. The van der Waals surface area contributed by atoms with Crippen LogP contribution in [-0.4, -0.2) is 43.7 Å². The van der Waals surface area contributed by atoms with Crippen LogP contribution in [0.1, 0.15) is 24.2 Å². The van der Waals surface area contributed by atoms with Gasteiger partial charge in [0.25, 0.3) is 5.91 Å². The molecule has 2 N–H and O–H groups in total. The lowest BCUT2D eigenvalue weighted by atomic mass is 9.80. The van der Waals surface area contributed by atoms with Crippen LogP contribution in [0.2, 0.25) is 0 Å². The summed E-state index contributed by atoms with van der Waals surface area (Å²) in [6, 6.07) is 5.31. The van der Waals surface area contributed by atoms with Gasteiger partial charge in [0.05, 0.1) is 19.8 Å². The van der Waals surface area contributed by atoms with Gasteiger partial charge in [0.2, 0.25) is 0 Å². The predicted molar refractivity (Wildman–Crippen MR) is 77.2 cm³/mol. The topological polar surface area (TPSA) is 64.8 Å². The molecule has 0 bridgehead atoms. The van der Waals surface area contributed by atoms with Crippen molar-refractivity contribution in [3.63, 3.8) is 0 Å². The summed E-state index contributed by atoms with van der Waals surface area (Å²) in [6.45, 7) is 5.27. The lowest BCUT2D eigenvalue weighted by molar-refractivity contribution is 0.0269. The Morgan fingerprint density at radius 3 is 2.15 bits per heavy atom. The average molecular weight is 278 g/mol. The Labute approximate surface area is 119 Å². The largest absolute Gasteiger partial charge is 0.496 e. The molecular weight excluding hydrogens is 256 g/mol. The van der Waals surface area contributed by atoms with Crippen LogP contribution < -0.4 is 15.2 Å². The van der Waals surface area contributed by atoms with Crippen molar-refractivity contribution in [1.82, 2.24) is 4.90 Å². The quantitative estimate of drug-likeness (QED) is 0.906. The van der Waals surface area contributed by atoms with E-state index in [-0.39, 0.29) is 11.4 Å². The van der Waals surface area contributed by atoms with E-state index in [1.807, 2.05) is 0 Å². The van der Waals surface area contributed by atoms with Crippen molar-refractivity contribution in [1.29, 1.82) is 0 Å². The molecule has 110 valence electrons. The van der Waals surface area contributed by atoms with Crippen LogP contribution in [-0.2, 0) is 0 Å². The minimum absolute atomic E-state index is 0.0963. The van der Waals surface area contributed by atoms with Crippen molar-refractivity contribution in [3.8, 4) is 11.5 Å². The van der Waals surface area contributed by atoms with Gasteiger partial charge in [-0.3, -0.25) is 4.79 Å². The number of carbonyl (C=O) groups excluding carboxylic acids is 1. The number of hydrogen-bond acceptors (Lipinski definition) is 4. The number of methoxy groups -OCH3 is 2. The van der Waals surface area contributed by atoms with Gasteiger partial charge >= 0.3 is 0 Å². The highest BCUT2D eigenvalue weighted by atomic mass is 16.5. The molecule has 1 fully saturated rings. The predicted octanol–water partition coefficient (Wildman–Crippen LogP) is 1.51. The van der Waals surface area contributed by atoms with Gasteiger partial charge in [-0.25, -0.2) is 0 Å². The summed E-state index contributed by atoms with van der Waals surface area (Å²) in [5.74, 6) is 1.29. The molecule has 0 radical (unpaired) electrons. The van der Waals surface area contributed by atoms with Gasteiger partial charge in [-0.1, -0.05) is 19.9 Å². The minimum atomic E-state index is -0.287. The highest BCUT2D eigenvalue weighted by molar-refractivity contribution is 6.00. The Morgan fingerprint density at radius 1 is 1.25 bits per heavy atom. The Hall–Kier alpha value is -1.75. The highest BCUT2D eigenvalue weighted by Crippen LogP contribution is 2.33. The maximum Gasteiger partial charge on any atom is 0.261 e. The maximum atomic E-state index is 12.6. The Bertz CT molecular complexity index is 486. The summed E-state index contributed by atoms with van der Waals surface area (Å²) in [6.07, 6.45) is 0. The van der Waals surface area contributed by atoms with Crippen LogP contribution in [0, 0.1) is 5.92 Å². The third-order valence-electron chi connectivity index (χ3n) is 4.05. The summed E-state index contributed by atoms with van der Waals surface area (Å²) < 4.78 is 10.5. The summed E-state index contributed by atoms with van der Waals surface area (Å²) in [5, 5.41) is 0. The van der Waals surface area contributed by atoms with Gasteiger partial charge < -0.3 is 20.1 Å². The number of carbonyl (C=O) groups is 1. The number of hydrogen-bond donors (Lipinski definition) is 1. The van der Waals surface area contributed by atoms with Crippen LogP contribution in [0.5, 0.6) is 11.5 Å². The molecule has 1 amide bonds. The minimum Gasteiger partial charge on any atom is -0.496 e. The van der Waals surface area contributed by atoms with Crippen molar-refractivity contribution in [2.45, 2.75) is 19.4 Å². The van der Waals surface area contributed by atoms with Gasteiger partial charge in [0.1, 0.15) is 17.1 Å². The number of ether oxygens (including phenoxy) is 2. The zero-order chi connectivity index (χ0) is 14.9. The fourth-order valence-electron chi connectivity index (χ4n) is 2.39. The Morgan fingerprint density at radius 2 is 1.75 bits per heavy atom. The van der Waals surface area contributed by atoms with E-state index in [9.17, 15) is 4.79 Å². The molecule has 1 aromatic rings. The second-order valence-electron chi connectivity index (χ2n) is 5.59. The van der Waals surface area contributed by atoms with Crippen molar-refractivity contribution in [2.75, 3.05) is 27.3 Å². The van der Waals surface area contributed by atoms with Crippen LogP contribution in [0.3, 0.4) is 0 Å². The molecule has 1 aliphatic heterocycles. The van der Waals surface area contributed by atoms with Gasteiger partial charge in [0, 0.05) is 13.1 Å². The highest BCUT2D eigenvalue weighted by Gasteiger charge is 2.45. The summed E-state index contributed by atoms with van der Waals surface area (Å²) in [5.41, 5.74) is 6.41. The van der Waals surface area contributed by atoms with E-state index < -0.39 is 0 Å². The molecule has 0 unspecified atom stereocenters. The van der Waals surface area contributed by atoms with Crippen molar-refractivity contribution in [2.24, 2.45) is 11.7 Å². The zero-order valence-corrected chi connectivity index (χ0v) is 12.5. The SMILES string of the molecule is COc1cccc(OC)c1C(=O)N1CC(N)(C(C)C)C1. The standard InChI is InChI=1S/C15H22N2O3/c1-10(2)15(16)8-17(9-15)14(18)13-11(19-3)6-5-7-12(13)20-4/h5-7,10H,8-9,16H2,1-4H3. The number of likely N-dealkylation sites (tertiary alicyclic amines) is 1. The number of amides is 1. The fourth-order valence-corrected chi connectivity index (χ4v) is 2.39. The Balaban J connectivity index is 2.23. The van der Waals surface area contributed by atoms with E-state index >= 15 is 0 Å². The third kappa shape index (κ3) is 2.33. The second kappa shape index (κ2) is 5.32. The molecule has 1 heterocycles. The van der Waals surface area contributed by atoms with E-state index in [1.54, 1.807) is 37.3 Å². The summed E-state index contributed by atoms with van der Waals surface area (Å²) in [4.78, 5) is 14.3. The maximum absolute atomic E-state index is 12.6. The van der Waals surface area contributed by atoms with Crippen molar-refractivity contribution >= 4 is 5.91 Å². The lowest BCUT2D eigenvalue weighted by Gasteiger charge is -2.50. The van der Waals surface area contributed by atoms with E-state index in [4.69, 9.17) is 15.2 Å². The number of rotatable bonds is 4. The van der Waals surface area contributed by atoms with Gasteiger partial charge in [-0.05, 0) is 18.1 Å². The smallest absolute Gasteiger partial charge is 0.261 e. The molecule has 1 aliphatic rings. The second-order valence-corrected chi connectivity index (χ2v) is 5.59. The van der Waals surface area contributed by atoms with E-state index in [1.165, 1.54) is 0 Å². The number of nitrogens with two attached hydrogens (primary N) is 1. The first-order valence-corrected chi connectivity index (χ1v) is 6.72. The van der Waals surface area contributed by atoms with Gasteiger partial charge in [-0.2, -0.15) is 0 Å². The normalized spacial score (nSPS) is 16.8. The lowest BCUT2D eigenvalue weighted by Crippen LogP contribution is -2.71. The molecule has 5 heteroatoms. The van der Waals surface area contributed by atoms with Crippen LogP contribution >= 0.6 is 0 Å². The van der Waals surface area contributed by atoms with E-state index in [0.29, 0.717) is 36.1 Å². The molecule has 20 heavy (non-hydrogen) atoms. The fraction of sp³-hybridized carbons (Fsp3) is 0.533. The monoisotopic (exact) mass is 278 g/mol. The first-order valence-electron chi connectivity index (χ1n) is 6.72. The molecule has 1 aromatic carbocycles. The third-order valence-corrected chi connectivity index (χ3v) is 4.05. The molecule has 0 atom stereocenters. The molecule has 1 saturated heterocycles. The van der Waals surface area contributed by atoms with Gasteiger partial charge in [0.15, 0.2) is 0 Å². The van der Waals surface area contributed by atoms with Crippen LogP contribution in [0.15, 0.2) is 18.2 Å². The first kappa shape index (κ1) is 14.7. The number of benzene rings is 1. The molecule has 0 aromatic heterocycles. The van der Waals surface area contributed by atoms with Crippen molar-refractivity contribution < 1.29 is 14.3 Å². The zero-order valence-electron chi connectivity index (χ0n) is 12.5. The summed E-state index contributed by atoms with van der Waals surface area (Å²) in [7, 11) is 3.09. The van der Waals surface area contributed by atoms with E-state index in [2.05, 4.69) is 13.8 Å². The summed E-state index contributed by atoms with van der Waals surface area (Å²) >= 11 is 0. The van der Waals surface area contributed by atoms with E-state index in [0.717, 1.165) is 0 Å². The van der Waals surface area contributed by atoms with Gasteiger partial charge in [-0.15, -0.1) is 0 Å². The average Bonchev–Trinajstić information content (AvgIpc) is 2.41. The first-order chi connectivity index (χ1) is 9.42. The molecule has 0 saturated carbocycles. The number of nitrogens with zero attached hydrogens (tertiary/aromatic N) is 1. The van der Waals surface area contributed by atoms with Crippen LogP contribution in [0.4, 0.5) is 0 Å². The Kier molecular flexibility index (Phi) is 3.90. The molecule has 0 spiro atoms. The molecule has 5 nitrogen and oxygen atoms in total. The molecular formula is C15H22N2O3. The van der Waals surface area contributed by atoms with Crippen molar-refractivity contribution in [3.05, 3.63) is 23.8 Å². The molecule has 2 rings (SSSR count).